The first-order valence-corrected chi connectivity index (χ1v) is 6.45. The first-order chi connectivity index (χ1) is 7.76. The Hall–Kier alpha value is -0.610. The third-order valence-corrected chi connectivity index (χ3v) is 2.94. The van der Waals surface area contributed by atoms with Crippen molar-refractivity contribution in [3.63, 3.8) is 0 Å². The summed E-state index contributed by atoms with van der Waals surface area (Å²) in [6.45, 7) is 8.66. The molecule has 0 saturated carbocycles. The van der Waals surface area contributed by atoms with E-state index in [9.17, 15) is 9.90 Å². The Morgan fingerprint density at radius 2 is 1.94 bits per heavy atom. The Balaban J connectivity index is 3.88. The molecular weight excluding hydrogens is 216 g/mol. The Bertz CT molecular complexity index is 222. The Morgan fingerprint density at radius 3 is 2.35 bits per heavy atom. The number of carbonyl (C=O) groups is 1. The SMILES string of the molecule is CC(C)C(CCN)CCC(=O)NCC(C)(C)O. The van der Waals surface area contributed by atoms with Crippen molar-refractivity contribution >= 4 is 5.91 Å². The monoisotopic (exact) mass is 244 g/mol. The molecule has 1 amide bonds. The van der Waals surface area contributed by atoms with Crippen LogP contribution in [0.15, 0.2) is 0 Å². The van der Waals surface area contributed by atoms with Gasteiger partial charge in [0.2, 0.25) is 5.91 Å². The fourth-order valence-corrected chi connectivity index (χ4v) is 1.74. The van der Waals surface area contributed by atoms with Crippen LogP contribution in [0.5, 0.6) is 0 Å². The van der Waals surface area contributed by atoms with Gasteiger partial charge in [0.05, 0.1) is 5.60 Å². The van der Waals surface area contributed by atoms with Crippen LogP contribution in [0.3, 0.4) is 0 Å². The van der Waals surface area contributed by atoms with Crippen molar-refractivity contribution in [2.24, 2.45) is 17.6 Å². The molecule has 1 unspecified atom stereocenters. The smallest absolute Gasteiger partial charge is 0.220 e. The highest BCUT2D eigenvalue weighted by Gasteiger charge is 2.16. The average molecular weight is 244 g/mol. The predicted octanol–water partition coefficient (Wildman–Crippen LogP) is 1.27. The average Bonchev–Trinajstić information content (AvgIpc) is 2.19. The summed E-state index contributed by atoms with van der Waals surface area (Å²) in [6.07, 6.45) is 2.35. The van der Waals surface area contributed by atoms with Crippen molar-refractivity contribution in [3.8, 4) is 0 Å². The summed E-state index contributed by atoms with van der Waals surface area (Å²) >= 11 is 0. The molecule has 1 atom stereocenters. The number of rotatable bonds is 8. The minimum absolute atomic E-state index is 0.00907. The Kier molecular flexibility index (Phi) is 7.39. The molecule has 0 bridgehead atoms. The quantitative estimate of drug-likeness (QED) is 0.602. The minimum atomic E-state index is -0.843. The lowest BCUT2D eigenvalue weighted by molar-refractivity contribution is -0.122. The lowest BCUT2D eigenvalue weighted by atomic mass is 9.88. The van der Waals surface area contributed by atoms with E-state index in [-0.39, 0.29) is 5.91 Å². The molecule has 0 aliphatic carbocycles. The zero-order valence-electron chi connectivity index (χ0n) is 11.6. The van der Waals surface area contributed by atoms with Gasteiger partial charge in [-0.1, -0.05) is 13.8 Å². The van der Waals surface area contributed by atoms with E-state index in [1.807, 2.05) is 0 Å². The third kappa shape index (κ3) is 9.12. The number of amides is 1. The van der Waals surface area contributed by atoms with E-state index in [0.717, 1.165) is 12.8 Å². The summed E-state index contributed by atoms with van der Waals surface area (Å²) in [5, 5.41) is 12.2. The lowest BCUT2D eigenvalue weighted by Gasteiger charge is -2.21. The number of aliphatic hydroxyl groups is 1. The maximum atomic E-state index is 11.6. The van der Waals surface area contributed by atoms with Crippen molar-refractivity contribution in [1.82, 2.24) is 5.32 Å². The van der Waals surface area contributed by atoms with Gasteiger partial charge in [0.25, 0.3) is 0 Å². The van der Waals surface area contributed by atoms with Crippen molar-refractivity contribution < 1.29 is 9.90 Å². The first kappa shape index (κ1) is 16.4. The van der Waals surface area contributed by atoms with Crippen LogP contribution in [0.1, 0.15) is 47.0 Å². The molecule has 4 nitrogen and oxygen atoms in total. The van der Waals surface area contributed by atoms with Crippen molar-refractivity contribution in [1.29, 1.82) is 0 Å². The summed E-state index contributed by atoms with van der Waals surface area (Å²) in [5.74, 6) is 1.07. The van der Waals surface area contributed by atoms with Crippen LogP contribution in [0, 0.1) is 11.8 Å². The summed E-state index contributed by atoms with van der Waals surface area (Å²) in [5.41, 5.74) is 4.71. The van der Waals surface area contributed by atoms with Gasteiger partial charge in [-0.3, -0.25) is 4.79 Å². The molecule has 0 rings (SSSR count). The molecule has 0 aromatic rings. The maximum Gasteiger partial charge on any atom is 0.220 e. The number of carbonyl (C=O) groups excluding carboxylic acids is 1. The van der Waals surface area contributed by atoms with Gasteiger partial charge in [-0.05, 0) is 45.1 Å². The van der Waals surface area contributed by atoms with E-state index in [1.165, 1.54) is 0 Å². The van der Waals surface area contributed by atoms with Gasteiger partial charge >= 0.3 is 0 Å². The number of hydrogen-bond donors (Lipinski definition) is 3. The molecule has 0 aromatic heterocycles. The molecule has 102 valence electrons. The van der Waals surface area contributed by atoms with Crippen LogP contribution in [-0.2, 0) is 4.79 Å². The van der Waals surface area contributed by atoms with Crippen LogP contribution >= 0.6 is 0 Å². The van der Waals surface area contributed by atoms with Gasteiger partial charge in [0.15, 0.2) is 0 Å². The molecule has 0 aromatic carbocycles. The first-order valence-electron chi connectivity index (χ1n) is 6.45. The molecule has 0 aliphatic rings. The molecule has 0 aliphatic heterocycles. The van der Waals surface area contributed by atoms with E-state index in [4.69, 9.17) is 5.73 Å². The fraction of sp³-hybridized carbons (Fsp3) is 0.923. The van der Waals surface area contributed by atoms with Crippen molar-refractivity contribution in [2.75, 3.05) is 13.1 Å². The van der Waals surface area contributed by atoms with Crippen LogP contribution in [0.4, 0.5) is 0 Å². The lowest BCUT2D eigenvalue weighted by Crippen LogP contribution is -2.38. The second kappa shape index (κ2) is 7.67. The molecule has 0 saturated heterocycles. The topological polar surface area (TPSA) is 75.4 Å². The second-order valence-corrected chi connectivity index (χ2v) is 5.71. The largest absolute Gasteiger partial charge is 0.389 e. The number of hydrogen-bond acceptors (Lipinski definition) is 3. The van der Waals surface area contributed by atoms with Crippen molar-refractivity contribution in [3.05, 3.63) is 0 Å². The van der Waals surface area contributed by atoms with Crippen LogP contribution < -0.4 is 11.1 Å². The zero-order valence-corrected chi connectivity index (χ0v) is 11.6. The van der Waals surface area contributed by atoms with Gasteiger partial charge in [-0.25, -0.2) is 0 Å². The van der Waals surface area contributed by atoms with Gasteiger partial charge in [-0.2, -0.15) is 0 Å². The number of nitrogens with two attached hydrogens (primary N) is 1. The summed E-state index contributed by atoms with van der Waals surface area (Å²) in [7, 11) is 0. The standard InChI is InChI=1S/C13H28N2O2/c1-10(2)11(7-8-14)5-6-12(16)15-9-13(3,4)17/h10-11,17H,5-9,14H2,1-4H3,(H,15,16). The molecule has 17 heavy (non-hydrogen) atoms. The van der Waals surface area contributed by atoms with Crippen LogP contribution in [-0.4, -0.2) is 29.7 Å². The van der Waals surface area contributed by atoms with E-state index < -0.39 is 5.60 Å². The van der Waals surface area contributed by atoms with Crippen LogP contribution in [0.25, 0.3) is 0 Å². The Morgan fingerprint density at radius 1 is 1.35 bits per heavy atom. The van der Waals surface area contributed by atoms with Gasteiger partial charge < -0.3 is 16.2 Å². The summed E-state index contributed by atoms with van der Waals surface area (Å²) in [4.78, 5) is 11.6. The fourth-order valence-electron chi connectivity index (χ4n) is 1.74. The highest BCUT2D eigenvalue weighted by molar-refractivity contribution is 5.75. The molecule has 4 heteroatoms. The molecular formula is C13H28N2O2. The third-order valence-electron chi connectivity index (χ3n) is 2.94. The van der Waals surface area contributed by atoms with Gasteiger partial charge in [0, 0.05) is 13.0 Å². The van der Waals surface area contributed by atoms with Crippen LogP contribution in [0.2, 0.25) is 0 Å². The molecule has 0 heterocycles. The highest BCUT2D eigenvalue weighted by Crippen LogP contribution is 2.20. The van der Waals surface area contributed by atoms with Gasteiger partial charge in [0.1, 0.15) is 0 Å². The van der Waals surface area contributed by atoms with E-state index in [1.54, 1.807) is 13.8 Å². The van der Waals surface area contributed by atoms with E-state index in [2.05, 4.69) is 19.2 Å². The minimum Gasteiger partial charge on any atom is -0.389 e. The number of nitrogens with one attached hydrogen (secondary N) is 1. The maximum absolute atomic E-state index is 11.6. The molecule has 0 spiro atoms. The van der Waals surface area contributed by atoms with E-state index >= 15 is 0 Å². The highest BCUT2D eigenvalue weighted by atomic mass is 16.3. The van der Waals surface area contributed by atoms with Crippen molar-refractivity contribution in [2.45, 2.75) is 52.6 Å². The normalized spacial score (nSPS) is 13.8. The zero-order chi connectivity index (χ0) is 13.5. The molecule has 0 fully saturated rings. The second-order valence-electron chi connectivity index (χ2n) is 5.71. The summed E-state index contributed by atoms with van der Waals surface area (Å²) < 4.78 is 0. The predicted molar refractivity (Wildman–Crippen MR) is 70.5 cm³/mol. The Labute approximate surface area is 105 Å². The molecule has 4 N–H and O–H groups in total. The van der Waals surface area contributed by atoms with Gasteiger partial charge in [-0.15, -0.1) is 0 Å². The molecule has 0 radical (unpaired) electrons. The summed E-state index contributed by atoms with van der Waals surface area (Å²) in [6, 6.07) is 0. The van der Waals surface area contributed by atoms with E-state index in [0.29, 0.717) is 31.3 Å².